The highest BCUT2D eigenvalue weighted by Gasteiger charge is 2.47. The average Bonchev–Trinajstić information content (AvgIpc) is 3.58. The Hall–Kier alpha value is -3.18. The normalized spacial score (nSPS) is 19.1. The third kappa shape index (κ3) is 4.13. The number of amides is 1. The minimum Gasteiger partial charge on any atom is -0.492 e. The summed E-state index contributed by atoms with van der Waals surface area (Å²) in [5.74, 6) is 0.683. The monoisotopic (exact) mass is 441 g/mol. The molecule has 2 fully saturated rings. The Bertz CT molecular complexity index is 1250. The molecule has 2 aliphatic rings. The molecule has 0 unspecified atom stereocenters. The van der Waals surface area contributed by atoms with Crippen LogP contribution in [0, 0.1) is 13.8 Å². The number of hydrogen-bond donors (Lipinski definition) is 1. The number of benzene rings is 2. The molecule has 2 aromatic carbocycles. The van der Waals surface area contributed by atoms with Crippen LogP contribution in [0.2, 0.25) is 0 Å². The van der Waals surface area contributed by atoms with Crippen molar-refractivity contribution in [3.8, 4) is 5.75 Å². The summed E-state index contributed by atoms with van der Waals surface area (Å²) in [5, 5.41) is 4.44. The fourth-order valence-electron chi connectivity index (χ4n) is 4.65. The van der Waals surface area contributed by atoms with Gasteiger partial charge in [0.05, 0.1) is 11.1 Å². The number of pyridine rings is 1. The van der Waals surface area contributed by atoms with Gasteiger partial charge in [-0.3, -0.25) is 14.7 Å². The van der Waals surface area contributed by atoms with Crippen LogP contribution in [0.3, 0.4) is 0 Å². The van der Waals surface area contributed by atoms with Crippen molar-refractivity contribution in [1.29, 1.82) is 0 Å². The molecule has 0 bridgehead atoms. The number of rotatable bonds is 7. The smallest absolute Gasteiger partial charge is 0.252 e. The van der Waals surface area contributed by atoms with Gasteiger partial charge >= 0.3 is 0 Å². The minimum atomic E-state index is -0.372. The van der Waals surface area contributed by atoms with E-state index in [2.05, 4.69) is 42.0 Å². The van der Waals surface area contributed by atoms with Crippen molar-refractivity contribution in [3.63, 3.8) is 0 Å². The van der Waals surface area contributed by atoms with Crippen LogP contribution in [0.5, 0.6) is 5.75 Å². The average molecular weight is 442 g/mol. The summed E-state index contributed by atoms with van der Waals surface area (Å²) < 4.78 is 6.01. The second kappa shape index (κ2) is 8.31. The maximum Gasteiger partial charge on any atom is 0.252 e. The number of ether oxygens (including phenoxy) is 1. The van der Waals surface area contributed by atoms with E-state index in [1.807, 2.05) is 44.2 Å². The van der Waals surface area contributed by atoms with Crippen LogP contribution in [-0.4, -0.2) is 42.0 Å². The van der Waals surface area contributed by atoms with E-state index in [4.69, 9.17) is 9.72 Å². The van der Waals surface area contributed by atoms with E-state index in [0.29, 0.717) is 18.2 Å². The van der Waals surface area contributed by atoms with E-state index in [9.17, 15) is 4.79 Å². The summed E-state index contributed by atoms with van der Waals surface area (Å²) in [4.78, 5) is 20.4. The first-order valence-electron chi connectivity index (χ1n) is 11.7. The molecule has 1 aliphatic heterocycles. The quantitative estimate of drug-likeness (QED) is 0.561. The topological polar surface area (TPSA) is 54.5 Å². The Morgan fingerprint density at radius 2 is 2.06 bits per heavy atom. The summed E-state index contributed by atoms with van der Waals surface area (Å²) in [6, 6.07) is 14.6. The number of aromatic nitrogens is 1. The lowest BCUT2D eigenvalue weighted by molar-refractivity contribution is 0.0767. The second-order valence-corrected chi connectivity index (χ2v) is 9.54. The maximum atomic E-state index is 13.4. The van der Waals surface area contributed by atoms with Crippen LogP contribution in [-0.2, 0) is 5.54 Å². The number of carbonyl (C=O) groups is 1. The predicted octanol–water partition coefficient (Wildman–Crippen LogP) is 5.00. The van der Waals surface area contributed by atoms with Crippen molar-refractivity contribution in [2.45, 2.75) is 44.7 Å². The summed E-state index contributed by atoms with van der Waals surface area (Å²) >= 11 is 0. The van der Waals surface area contributed by atoms with Crippen LogP contribution in [0.15, 0.2) is 49.0 Å². The maximum absolute atomic E-state index is 13.4. The van der Waals surface area contributed by atoms with Crippen LogP contribution in [0.25, 0.3) is 17.0 Å². The van der Waals surface area contributed by atoms with E-state index >= 15 is 0 Å². The Kier molecular flexibility index (Phi) is 5.45. The van der Waals surface area contributed by atoms with Gasteiger partial charge in [0.25, 0.3) is 5.91 Å². The fraction of sp³-hybridized carbons (Fsp3) is 0.357. The number of likely N-dealkylation sites (N-methyl/N-ethyl adjacent to an activating group) is 1. The minimum absolute atomic E-state index is 0.0616. The lowest BCUT2D eigenvalue weighted by atomic mass is 9.95. The predicted molar refractivity (Wildman–Crippen MR) is 133 cm³/mol. The zero-order valence-electron chi connectivity index (χ0n) is 19.6. The number of aryl methyl sites for hydroxylation is 2. The molecule has 2 heterocycles. The third-order valence-corrected chi connectivity index (χ3v) is 7.16. The van der Waals surface area contributed by atoms with Crippen molar-refractivity contribution in [2.75, 3.05) is 20.2 Å². The van der Waals surface area contributed by atoms with Gasteiger partial charge < -0.3 is 10.1 Å². The molecule has 1 saturated heterocycles. The molecule has 33 heavy (non-hydrogen) atoms. The van der Waals surface area contributed by atoms with Crippen LogP contribution >= 0.6 is 0 Å². The van der Waals surface area contributed by atoms with Gasteiger partial charge in [0.1, 0.15) is 12.4 Å². The first-order valence-corrected chi connectivity index (χ1v) is 11.7. The molecule has 1 aliphatic carbocycles. The van der Waals surface area contributed by atoms with Gasteiger partial charge in [-0.1, -0.05) is 24.8 Å². The fourth-order valence-corrected chi connectivity index (χ4v) is 4.65. The van der Waals surface area contributed by atoms with E-state index in [0.717, 1.165) is 64.8 Å². The molecule has 1 saturated carbocycles. The number of nitrogens with one attached hydrogen (secondary N) is 1. The van der Waals surface area contributed by atoms with Crippen molar-refractivity contribution in [3.05, 3.63) is 77.0 Å². The highest BCUT2D eigenvalue weighted by Crippen LogP contribution is 2.48. The van der Waals surface area contributed by atoms with Gasteiger partial charge in [-0.2, -0.15) is 0 Å². The molecule has 1 atom stereocenters. The number of carbonyl (C=O) groups excluding carboxylic acids is 1. The number of nitrogens with zero attached hydrogens (tertiary/aromatic N) is 2. The van der Waals surface area contributed by atoms with Gasteiger partial charge in [-0.05, 0) is 93.7 Å². The lowest BCUT2D eigenvalue weighted by Gasteiger charge is -2.37. The van der Waals surface area contributed by atoms with Crippen molar-refractivity contribution in [2.24, 2.45) is 0 Å². The zero-order chi connectivity index (χ0) is 23.2. The van der Waals surface area contributed by atoms with Gasteiger partial charge in [-0.25, -0.2) is 0 Å². The van der Waals surface area contributed by atoms with Crippen molar-refractivity contribution >= 4 is 22.9 Å². The number of fused-ring (bicyclic) bond motifs is 1. The Balaban J connectivity index is 1.41. The summed E-state index contributed by atoms with van der Waals surface area (Å²) in [7, 11) is 2.11. The molecule has 1 amide bonds. The molecule has 3 aromatic rings. The molecular weight excluding hydrogens is 410 g/mol. The Labute approximate surface area is 195 Å². The largest absolute Gasteiger partial charge is 0.492 e. The zero-order valence-corrected chi connectivity index (χ0v) is 19.6. The van der Waals surface area contributed by atoms with Crippen molar-refractivity contribution < 1.29 is 9.53 Å². The highest BCUT2D eigenvalue weighted by atomic mass is 16.5. The third-order valence-electron chi connectivity index (χ3n) is 7.16. The second-order valence-electron chi connectivity index (χ2n) is 9.54. The first-order chi connectivity index (χ1) is 15.9. The van der Waals surface area contributed by atoms with Crippen LogP contribution < -0.4 is 10.1 Å². The summed E-state index contributed by atoms with van der Waals surface area (Å²) in [6.07, 6.45) is 4.82. The molecule has 1 aromatic heterocycles. The van der Waals surface area contributed by atoms with E-state index in [1.54, 1.807) is 0 Å². The molecule has 5 heteroatoms. The van der Waals surface area contributed by atoms with Gasteiger partial charge in [0.15, 0.2) is 0 Å². The first kappa shape index (κ1) is 21.7. The molecule has 5 nitrogen and oxygen atoms in total. The highest BCUT2D eigenvalue weighted by molar-refractivity contribution is 5.97. The van der Waals surface area contributed by atoms with E-state index in [1.165, 1.54) is 0 Å². The molecule has 1 N–H and O–H groups in total. The Morgan fingerprint density at radius 3 is 2.73 bits per heavy atom. The molecule has 0 spiro atoms. The molecule has 5 rings (SSSR count). The Morgan fingerprint density at radius 1 is 1.24 bits per heavy atom. The van der Waals surface area contributed by atoms with Crippen LogP contribution in [0.4, 0.5) is 0 Å². The SMILES string of the molecule is C=Cc1cc(C2(NC(=O)c3cc(OC[C@@H]4CCN4C)ccc3C)CC2)c2ccc(C)nc2c1. The lowest BCUT2D eigenvalue weighted by Crippen LogP contribution is -2.48. The number of hydrogen-bond acceptors (Lipinski definition) is 4. The summed E-state index contributed by atoms with van der Waals surface area (Å²) in [5.41, 5.74) is 5.29. The van der Waals surface area contributed by atoms with Gasteiger partial charge in [0.2, 0.25) is 0 Å². The summed E-state index contributed by atoms with van der Waals surface area (Å²) in [6.45, 7) is 9.68. The molecule has 0 radical (unpaired) electrons. The number of likely N-dealkylation sites (tertiary alicyclic amines) is 1. The standard InChI is InChI=1S/C28H31N3O2/c1-5-20-14-25(23-9-7-19(3)29-26(23)15-20)28(11-12-28)30-27(32)24-16-22(8-6-18(24)2)33-17-21-10-13-31(21)4/h5-9,14-16,21H,1,10-13,17H2,2-4H3,(H,30,32)/t21-/m0/s1. The van der Waals surface area contributed by atoms with E-state index in [-0.39, 0.29) is 11.4 Å². The van der Waals surface area contributed by atoms with Crippen LogP contribution in [0.1, 0.15) is 52.0 Å². The molecular formula is C28H31N3O2. The molecule has 170 valence electrons. The van der Waals surface area contributed by atoms with Crippen molar-refractivity contribution in [1.82, 2.24) is 15.2 Å². The van der Waals surface area contributed by atoms with Gasteiger partial charge in [-0.15, -0.1) is 0 Å². The van der Waals surface area contributed by atoms with Gasteiger partial charge in [0, 0.05) is 22.7 Å². The van der Waals surface area contributed by atoms with E-state index < -0.39 is 0 Å².